The summed E-state index contributed by atoms with van der Waals surface area (Å²) in [6.07, 6.45) is 0. The smallest absolute Gasteiger partial charge is 0.125 e. The van der Waals surface area contributed by atoms with E-state index < -0.39 is 5.82 Å². The Kier molecular flexibility index (Phi) is 4.58. The third-order valence-electron chi connectivity index (χ3n) is 3.01. The van der Waals surface area contributed by atoms with E-state index in [4.69, 9.17) is 9.47 Å². The average Bonchev–Trinajstić information content (AvgIpc) is 2.46. The standard InChI is InChI=1S/C16H17FO3/c1-11-3-5-15(19-2)13(7-11)10-20-16-6-4-14(17)8-12(16)9-18/h3-8,18H,9-10H2,1-2H3. The number of methoxy groups -OCH3 is 1. The molecule has 0 radical (unpaired) electrons. The second-order valence-corrected chi connectivity index (χ2v) is 4.51. The van der Waals surface area contributed by atoms with Crippen molar-refractivity contribution in [2.24, 2.45) is 0 Å². The van der Waals surface area contributed by atoms with Crippen molar-refractivity contribution in [2.45, 2.75) is 20.1 Å². The lowest BCUT2D eigenvalue weighted by atomic mass is 10.1. The van der Waals surface area contributed by atoms with E-state index in [1.165, 1.54) is 18.2 Å². The summed E-state index contributed by atoms with van der Waals surface area (Å²) in [5.74, 6) is 0.815. The van der Waals surface area contributed by atoms with Gasteiger partial charge in [-0.3, -0.25) is 0 Å². The van der Waals surface area contributed by atoms with E-state index in [0.717, 1.165) is 16.9 Å². The maximum absolute atomic E-state index is 13.1. The molecule has 4 heteroatoms. The fraction of sp³-hybridized carbons (Fsp3) is 0.250. The summed E-state index contributed by atoms with van der Waals surface area (Å²) in [6.45, 7) is 2.02. The number of aliphatic hydroxyl groups is 1. The van der Waals surface area contributed by atoms with Crippen molar-refractivity contribution in [1.82, 2.24) is 0 Å². The molecule has 0 saturated carbocycles. The molecule has 0 aliphatic rings. The summed E-state index contributed by atoms with van der Waals surface area (Å²) in [4.78, 5) is 0. The van der Waals surface area contributed by atoms with Gasteiger partial charge in [0, 0.05) is 11.1 Å². The van der Waals surface area contributed by atoms with Gasteiger partial charge in [0.05, 0.1) is 13.7 Å². The first kappa shape index (κ1) is 14.3. The number of rotatable bonds is 5. The molecule has 0 fully saturated rings. The first-order chi connectivity index (χ1) is 9.63. The third-order valence-corrected chi connectivity index (χ3v) is 3.01. The summed E-state index contributed by atoms with van der Waals surface area (Å²) in [7, 11) is 1.60. The van der Waals surface area contributed by atoms with Crippen LogP contribution < -0.4 is 9.47 Å². The van der Waals surface area contributed by atoms with Crippen molar-refractivity contribution >= 4 is 0 Å². The van der Waals surface area contributed by atoms with E-state index in [-0.39, 0.29) is 6.61 Å². The molecule has 0 bridgehead atoms. The molecule has 0 amide bonds. The average molecular weight is 276 g/mol. The van der Waals surface area contributed by atoms with Crippen LogP contribution in [0.3, 0.4) is 0 Å². The zero-order chi connectivity index (χ0) is 14.5. The molecule has 0 aliphatic carbocycles. The number of hydrogen-bond donors (Lipinski definition) is 1. The quantitative estimate of drug-likeness (QED) is 0.911. The maximum atomic E-state index is 13.1. The molecule has 1 N–H and O–H groups in total. The Hall–Kier alpha value is -2.07. The molecule has 2 aromatic rings. The summed E-state index contributed by atoms with van der Waals surface area (Å²) >= 11 is 0. The van der Waals surface area contributed by atoms with Gasteiger partial charge in [-0.1, -0.05) is 11.6 Å². The van der Waals surface area contributed by atoms with Crippen LogP contribution in [0.25, 0.3) is 0 Å². The molecule has 0 atom stereocenters. The molecular formula is C16H17FO3. The van der Waals surface area contributed by atoms with Gasteiger partial charge in [0.2, 0.25) is 0 Å². The number of aliphatic hydroxyl groups excluding tert-OH is 1. The van der Waals surface area contributed by atoms with Crippen LogP contribution >= 0.6 is 0 Å². The minimum absolute atomic E-state index is 0.266. The lowest BCUT2D eigenvalue weighted by Gasteiger charge is -2.13. The van der Waals surface area contributed by atoms with E-state index in [1.807, 2.05) is 25.1 Å². The molecule has 3 nitrogen and oxygen atoms in total. The van der Waals surface area contributed by atoms with Crippen LogP contribution in [0.5, 0.6) is 11.5 Å². The third kappa shape index (κ3) is 3.27. The fourth-order valence-electron chi connectivity index (χ4n) is 1.99. The predicted molar refractivity (Wildman–Crippen MR) is 74.4 cm³/mol. The normalized spacial score (nSPS) is 10.4. The Balaban J connectivity index is 2.18. The molecule has 0 aliphatic heterocycles. The Morgan fingerprint density at radius 3 is 2.50 bits per heavy atom. The number of ether oxygens (including phenoxy) is 2. The Morgan fingerprint density at radius 1 is 1.05 bits per heavy atom. The van der Waals surface area contributed by atoms with E-state index >= 15 is 0 Å². The van der Waals surface area contributed by atoms with Gasteiger partial charge in [0.25, 0.3) is 0 Å². The molecule has 2 rings (SSSR count). The van der Waals surface area contributed by atoms with E-state index in [9.17, 15) is 9.50 Å². The number of benzene rings is 2. The van der Waals surface area contributed by atoms with Crippen molar-refractivity contribution in [1.29, 1.82) is 0 Å². The summed E-state index contributed by atoms with van der Waals surface area (Å²) in [5.41, 5.74) is 2.43. The second-order valence-electron chi connectivity index (χ2n) is 4.51. The highest BCUT2D eigenvalue weighted by Gasteiger charge is 2.08. The Bertz CT molecular complexity index is 596. The minimum atomic E-state index is -0.394. The topological polar surface area (TPSA) is 38.7 Å². The lowest BCUT2D eigenvalue weighted by molar-refractivity contribution is 0.256. The predicted octanol–water partition coefficient (Wildman–Crippen LogP) is 3.21. The maximum Gasteiger partial charge on any atom is 0.125 e. The minimum Gasteiger partial charge on any atom is -0.496 e. The molecule has 106 valence electrons. The highest BCUT2D eigenvalue weighted by molar-refractivity contribution is 5.38. The first-order valence-corrected chi connectivity index (χ1v) is 6.29. The molecule has 0 spiro atoms. The summed E-state index contributed by atoms with van der Waals surface area (Å²) in [5, 5.41) is 9.21. The summed E-state index contributed by atoms with van der Waals surface area (Å²) in [6, 6.07) is 9.90. The Morgan fingerprint density at radius 2 is 1.80 bits per heavy atom. The molecule has 0 unspecified atom stereocenters. The molecule has 0 heterocycles. The van der Waals surface area contributed by atoms with Crippen LogP contribution in [0, 0.1) is 12.7 Å². The van der Waals surface area contributed by atoms with Crippen molar-refractivity contribution in [3.05, 3.63) is 58.9 Å². The zero-order valence-corrected chi connectivity index (χ0v) is 11.5. The van der Waals surface area contributed by atoms with Crippen molar-refractivity contribution < 1.29 is 19.0 Å². The second kappa shape index (κ2) is 6.39. The van der Waals surface area contributed by atoms with E-state index in [0.29, 0.717) is 17.9 Å². The van der Waals surface area contributed by atoms with Crippen LogP contribution in [-0.4, -0.2) is 12.2 Å². The van der Waals surface area contributed by atoms with Crippen LogP contribution in [0.15, 0.2) is 36.4 Å². The van der Waals surface area contributed by atoms with Gasteiger partial charge in [0.1, 0.15) is 23.9 Å². The molecule has 0 saturated heterocycles. The monoisotopic (exact) mass is 276 g/mol. The van der Waals surface area contributed by atoms with Gasteiger partial charge in [-0.05, 0) is 37.3 Å². The fourth-order valence-corrected chi connectivity index (χ4v) is 1.99. The highest BCUT2D eigenvalue weighted by atomic mass is 19.1. The Labute approximate surface area is 117 Å². The van der Waals surface area contributed by atoms with Gasteiger partial charge >= 0.3 is 0 Å². The van der Waals surface area contributed by atoms with E-state index in [1.54, 1.807) is 7.11 Å². The largest absolute Gasteiger partial charge is 0.496 e. The number of aryl methyl sites for hydroxylation is 1. The number of halogens is 1. The number of hydrogen-bond acceptors (Lipinski definition) is 3. The van der Waals surface area contributed by atoms with Crippen LogP contribution in [0.1, 0.15) is 16.7 Å². The van der Waals surface area contributed by atoms with Crippen molar-refractivity contribution in [3.63, 3.8) is 0 Å². The molecule has 20 heavy (non-hydrogen) atoms. The molecular weight excluding hydrogens is 259 g/mol. The van der Waals surface area contributed by atoms with Crippen molar-refractivity contribution in [2.75, 3.05) is 7.11 Å². The van der Waals surface area contributed by atoms with Crippen LogP contribution in [0.2, 0.25) is 0 Å². The van der Waals surface area contributed by atoms with Crippen LogP contribution in [0.4, 0.5) is 4.39 Å². The van der Waals surface area contributed by atoms with Gasteiger partial charge in [-0.25, -0.2) is 4.39 Å². The van der Waals surface area contributed by atoms with Gasteiger partial charge in [0.15, 0.2) is 0 Å². The van der Waals surface area contributed by atoms with Gasteiger partial charge < -0.3 is 14.6 Å². The lowest BCUT2D eigenvalue weighted by Crippen LogP contribution is -2.01. The SMILES string of the molecule is COc1ccc(C)cc1COc1ccc(F)cc1CO. The van der Waals surface area contributed by atoms with Gasteiger partial charge in [-0.2, -0.15) is 0 Å². The summed E-state index contributed by atoms with van der Waals surface area (Å²) < 4.78 is 24.0. The van der Waals surface area contributed by atoms with Crippen LogP contribution in [-0.2, 0) is 13.2 Å². The van der Waals surface area contributed by atoms with E-state index in [2.05, 4.69) is 0 Å². The highest BCUT2D eigenvalue weighted by Crippen LogP contribution is 2.24. The first-order valence-electron chi connectivity index (χ1n) is 6.29. The molecule has 2 aromatic carbocycles. The zero-order valence-electron chi connectivity index (χ0n) is 11.5. The molecule has 0 aromatic heterocycles. The van der Waals surface area contributed by atoms with Gasteiger partial charge in [-0.15, -0.1) is 0 Å². The van der Waals surface area contributed by atoms with Crippen molar-refractivity contribution in [3.8, 4) is 11.5 Å².